The van der Waals surface area contributed by atoms with E-state index in [0.29, 0.717) is 11.8 Å². The van der Waals surface area contributed by atoms with E-state index in [1.165, 1.54) is 0 Å². The third kappa shape index (κ3) is 4.86. The van der Waals surface area contributed by atoms with E-state index in [1.54, 1.807) is 11.3 Å². The minimum Gasteiger partial charge on any atom is -0.482 e. The van der Waals surface area contributed by atoms with E-state index in [4.69, 9.17) is 26.4 Å². The van der Waals surface area contributed by atoms with Crippen molar-refractivity contribution in [3.05, 3.63) is 52.5 Å². The number of ether oxygens (including phenoxy) is 1. The molecular formula is C22H24ClN3O3S. The molecule has 30 heavy (non-hydrogen) atoms. The van der Waals surface area contributed by atoms with Crippen molar-refractivity contribution in [3.8, 4) is 5.75 Å². The van der Waals surface area contributed by atoms with Gasteiger partial charge in [0.15, 0.2) is 11.7 Å². The highest BCUT2D eigenvalue weighted by Crippen LogP contribution is 2.32. The Morgan fingerprint density at radius 1 is 1.30 bits per heavy atom. The number of aromatic nitrogens is 1. The molecule has 0 unspecified atom stereocenters. The number of hydrogen-bond acceptors (Lipinski definition) is 6. The SMILES string of the molecule is Cc1cc(CN2CCN(c3nc4ccc(Cl)cc4s3)C[C@@H]2C)cc(OCC(=O)O)c1. The molecule has 0 amide bonds. The van der Waals surface area contributed by atoms with Gasteiger partial charge >= 0.3 is 5.97 Å². The van der Waals surface area contributed by atoms with Gasteiger partial charge in [0.2, 0.25) is 0 Å². The van der Waals surface area contributed by atoms with Gasteiger partial charge in [-0.2, -0.15) is 0 Å². The van der Waals surface area contributed by atoms with Crippen molar-refractivity contribution >= 4 is 44.3 Å². The number of rotatable bonds is 6. The number of carboxylic acid groups (broad SMARTS) is 1. The number of thiazole rings is 1. The average molecular weight is 446 g/mol. The van der Waals surface area contributed by atoms with Gasteiger partial charge in [-0.25, -0.2) is 9.78 Å². The molecule has 0 aliphatic carbocycles. The summed E-state index contributed by atoms with van der Waals surface area (Å²) in [5.41, 5.74) is 3.18. The second-order valence-corrected chi connectivity index (χ2v) is 9.16. The summed E-state index contributed by atoms with van der Waals surface area (Å²) in [7, 11) is 0. The summed E-state index contributed by atoms with van der Waals surface area (Å²) in [6.45, 7) is 7.44. The molecule has 0 bridgehead atoms. The van der Waals surface area contributed by atoms with Gasteiger partial charge in [0.25, 0.3) is 0 Å². The van der Waals surface area contributed by atoms with Crippen LogP contribution in [0, 0.1) is 6.92 Å². The molecule has 6 nitrogen and oxygen atoms in total. The van der Waals surface area contributed by atoms with Gasteiger partial charge in [-0.1, -0.05) is 29.0 Å². The van der Waals surface area contributed by atoms with E-state index in [1.807, 2.05) is 37.3 Å². The maximum Gasteiger partial charge on any atom is 0.341 e. The summed E-state index contributed by atoms with van der Waals surface area (Å²) in [4.78, 5) is 20.3. The number of piperazine rings is 1. The topological polar surface area (TPSA) is 65.9 Å². The summed E-state index contributed by atoms with van der Waals surface area (Å²) in [5, 5.41) is 10.6. The molecule has 1 aromatic heterocycles. The van der Waals surface area contributed by atoms with E-state index < -0.39 is 5.97 Å². The number of carboxylic acids is 1. The van der Waals surface area contributed by atoms with Crippen molar-refractivity contribution in [1.82, 2.24) is 9.88 Å². The van der Waals surface area contributed by atoms with Crippen LogP contribution in [0.4, 0.5) is 5.13 Å². The van der Waals surface area contributed by atoms with Gasteiger partial charge in [0.05, 0.1) is 10.2 Å². The maximum absolute atomic E-state index is 10.8. The van der Waals surface area contributed by atoms with Crippen LogP contribution < -0.4 is 9.64 Å². The first-order chi connectivity index (χ1) is 14.4. The number of aliphatic carboxylic acids is 1. The molecule has 1 fully saturated rings. The summed E-state index contributed by atoms with van der Waals surface area (Å²) in [6.07, 6.45) is 0. The van der Waals surface area contributed by atoms with E-state index in [0.717, 1.165) is 57.7 Å². The van der Waals surface area contributed by atoms with Crippen LogP contribution in [0.5, 0.6) is 5.75 Å². The van der Waals surface area contributed by atoms with Crippen molar-refractivity contribution in [2.45, 2.75) is 26.4 Å². The second kappa shape index (κ2) is 8.79. The fourth-order valence-corrected chi connectivity index (χ4v) is 5.08. The Morgan fingerprint density at radius 3 is 2.90 bits per heavy atom. The lowest BCUT2D eigenvalue weighted by molar-refractivity contribution is -0.139. The monoisotopic (exact) mass is 445 g/mol. The van der Waals surface area contributed by atoms with Crippen molar-refractivity contribution in [2.75, 3.05) is 31.1 Å². The number of nitrogens with zero attached hydrogens (tertiary/aromatic N) is 3. The quantitative estimate of drug-likeness (QED) is 0.605. The van der Waals surface area contributed by atoms with Crippen molar-refractivity contribution in [2.24, 2.45) is 0 Å². The Balaban J connectivity index is 1.42. The van der Waals surface area contributed by atoms with Crippen LogP contribution in [0.2, 0.25) is 5.02 Å². The molecule has 4 rings (SSSR count). The third-order valence-corrected chi connectivity index (χ3v) is 6.55. The predicted molar refractivity (Wildman–Crippen MR) is 121 cm³/mol. The zero-order chi connectivity index (χ0) is 21.3. The Kier molecular flexibility index (Phi) is 6.13. The van der Waals surface area contributed by atoms with Crippen molar-refractivity contribution in [1.29, 1.82) is 0 Å². The molecule has 0 spiro atoms. The van der Waals surface area contributed by atoms with Gasteiger partial charge < -0.3 is 14.7 Å². The standard InChI is InChI=1S/C22H24ClN3O3S/c1-14-7-16(9-18(8-14)29-13-21(27)28)12-25-5-6-26(11-15(25)2)22-24-19-4-3-17(23)10-20(19)30-22/h3-4,7-10,15H,5-6,11-13H2,1-2H3,(H,27,28)/t15-/m0/s1. The minimum atomic E-state index is -0.972. The number of anilines is 1. The first-order valence-corrected chi connectivity index (χ1v) is 11.1. The van der Waals surface area contributed by atoms with E-state index in [9.17, 15) is 4.79 Å². The molecule has 0 saturated carbocycles. The lowest BCUT2D eigenvalue weighted by Gasteiger charge is -2.39. The van der Waals surface area contributed by atoms with E-state index in [-0.39, 0.29) is 6.61 Å². The zero-order valence-electron chi connectivity index (χ0n) is 17.0. The molecule has 158 valence electrons. The lowest BCUT2D eigenvalue weighted by Crippen LogP contribution is -2.51. The van der Waals surface area contributed by atoms with Crippen LogP contribution in [-0.4, -0.2) is 53.2 Å². The van der Waals surface area contributed by atoms with Crippen LogP contribution in [0.25, 0.3) is 10.2 Å². The second-order valence-electron chi connectivity index (χ2n) is 7.71. The predicted octanol–water partition coefficient (Wildman–Crippen LogP) is 4.43. The Labute approximate surface area is 184 Å². The highest BCUT2D eigenvalue weighted by Gasteiger charge is 2.26. The minimum absolute atomic E-state index is 0.328. The van der Waals surface area contributed by atoms with Crippen LogP contribution in [0.3, 0.4) is 0 Å². The highest BCUT2D eigenvalue weighted by molar-refractivity contribution is 7.22. The zero-order valence-corrected chi connectivity index (χ0v) is 18.5. The van der Waals surface area contributed by atoms with Crippen LogP contribution in [-0.2, 0) is 11.3 Å². The fraction of sp³-hybridized carbons (Fsp3) is 0.364. The molecule has 2 aromatic carbocycles. The lowest BCUT2D eigenvalue weighted by atomic mass is 10.1. The first-order valence-electron chi connectivity index (χ1n) is 9.87. The average Bonchev–Trinajstić information content (AvgIpc) is 3.11. The van der Waals surface area contributed by atoms with Crippen LogP contribution in [0.15, 0.2) is 36.4 Å². The summed E-state index contributed by atoms with van der Waals surface area (Å²) in [6, 6.07) is 12.1. The van der Waals surface area contributed by atoms with Gasteiger partial charge in [-0.05, 0) is 55.3 Å². The number of carbonyl (C=O) groups is 1. The molecule has 8 heteroatoms. The van der Waals surface area contributed by atoms with Crippen molar-refractivity contribution < 1.29 is 14.6 Å². The number of aryl methyl sites for hydroxylation is 1. The molecule has 3 aromatic rings. The van der Waals surface area contributed by atoms with Gasteiger partial charge in [0, 0.05) is 37.2 Å². The molecule has 1 aliphatic heterocycles. The molecule has 1 N–H and O–H groups in total. The smallest absolute Gasteiger partial charge is 0.341 e. The molecule has 2 heterocycles. The number of fused-ring (bicyclic) bond motifs is 1. The van der Waals surface area contributed by atoms with Crippen LogP contribution >= 0.6 is 22.9 Å². The maximum atomic E-state index is 10.8. The summed E-state index contributed by atoms with van der Waals surface area (Å²) < 4.78 is 6.49. The fourth-order valence-electron chi connectivity index (χ4n) is 3.80. The Morgan fingerprint density at radius 2 is 2.13 bits per heavy atom. The Hall–Kier alpha value is -2.35. The largest absolute Gasteiger partial charge is 0.482 e. The highest BCUT2D eigenvalue weighted by atomic mass is 35.5. The van der Waals surface area contributed by atoms with Crippen LogP contribution in [0.1, 0.15) is 18.1 Å². The molecule has 1 atom stereocenters. The molecule has 0 radical (unpaired) electrons. The normalized spacial score (nSPS) is 17.4. The van der Waals surface area contributed by atoms with Crippen molar-refractivity contribution in [3.63, 3.8) is 0 Å². The Bertz CT molecular complexity index is 1070. The summed E-state index contributed by atoms with van der Waals surface area (Å²) in [5.74, 6) is -0.369. The van der Waals surface area contributed by atoms with E-state index >= 15 is 0 Å². The first kappa shape index (κ1) is 20.9. The summed E-state index contributed by atoms with van der Waals surface area (Å²) >= 11 is 7.80. The molecular weight excluding hydrogens is 422 g/mol. The number of halogens is 1. The molecule has 1 saturated heterocycles. The number of benzene rings is 2. The third-order valence-electron chi connectivity index (χ3n) is 5.23. The van der Waals surface area contributed by atoms with Gasteiger partial charge in [0.1, 0.15) is 5.75 Å². The van der Waals surface area contributed by atoms with E-state index in [2.05, 4.69) is 22.8 Å². The van der Waals surface area contributed by atoms with Gasteiger partial charge in [-0.15, -0.1) is 0 Å². The van der Waals surface area contributed by atoms with Gasteiger partial charge in [-0.3, -0.25) is 4.90 Å². The number of hydrogen-bond donors (Lipinski definition) is 1. The molecule has 1 aliphatic rings.